The van der Waals surface area contributed by atoms with Crippen molar-refractivity contribution in [1.82, 2.24) is 19.4 Å². The zero-order chi connectivity index (χ0) is 22.0. The van der Waals surface area contributed by atoms with Gasteiger partial charge in [0.05, 0.1) is 25.1 Å². The SMILES string of the molecule is CCOc1nc(NC(=O)c2cccc(C(F)(F)F)n2)cn2cc(C3CCCOC3)nc12. The van der Waals surface area contributed by atoms with Crippen molar-refractivity contribution in [3.8, 4) is 5.88 Å². The van der Waals surface area contributed by atoms with Crippen LogP contribution in [0, 0.1) is 0 Å². The molecule has 1 aliphatic rings. The highest BCUT2D eigenvalue weighted by Gasteiger charge is 2.33. The van der Waals surface area contributed by atoms with Gasteiger partial charge in [-0.2, -0.15) is 18.2 Å². The average Bonchev–Trinajstić information content (AvgIpc) is 3.18. The van der Waals surface area contributed by atoms with Gasteiger partial charge in [0.25, 0.3) is 11.8 Å². The molecule has 3 aromatic rings. The number of alkyl halides is 3. The summed E-state index contributed by atoms with van der Waals surface area (Å²) in [6, 6.07) is 3.13. The number of ether oxygens (including phenoxy) is 2. The van der Waals surface area contributed by atoms with Gasteiger partial charge in [0.15, 0.2) is 5.82 Å². The molecule has 4 rings (SSSR count). The van der Waals surface area contributed by atoms with Crippen LogP contribution < -0.4 is 10.1 Å². The van der Waals surface area contributed by atoms with Crippen LogP contribution in [-0.2, 0) is 10.9 Å². The summed E-state index contributed by atoms with van der Waals surface area (Å²) < 4.78 is 51.4. The predicted octanol–water partition coefficient (Wildman–Crippen LogP) is 3.69. The lowest BCUT2D eigenvalue weighted by atomic mass is 9.99. The van der Waals surface area contributed by atoms with E-state index in [4.69, 9.17) is 9.47 Å². The summed E-state index contributed by atoms with van der Waals surface area (Å²) in [4.78, 5) is 24.8. The van der Waals surface area contributed by atoms with Gasteiger partial charge >= 0.3 is 6.18 Å². The van der Waals surface area contributed by atoms with E-state index in [2.05, 4.69) is 20.3 Å². The van der Waals surface area contributed by atoms with Crippen LogP contribution in [0.1, 0.15) is 47.6 Å². The fourth-order valence-corrected chi connectivity index (χ4v) is 3.35. The summed E-state index contributed by atoms with van der Waals surface area (Å²) in [5.41, 5.74) is -0.212. The van der Waals surface area contributed by atoms with Crippen LogP contribution >= 0.6 is 0 Å². The Kier molecular flexibility index (Phi) is 5.77. The Morgan fingerprint density at radius 2 is 2.13 bits per heavy atom. The van der Waals surface area contributed by atoms with E-state index in [1.165, 1.54) is 12.3 Å². The molecule has 11 heteroatoms. The van der Waals surface area contributed by atoms with Gasteiger partial charge in [-0.3, -0.25) is 9.20 Å². The standard InChI is InChI=1S/C20H20F3N5O3/c1-2-31-19-17-25-14(12-5-4-8-30-11-12)9-28(17)10-16(27-19)26-18(29)13-6-3-7-15(24-13)20(21,22)23/h3,6-7,9-10,12H,2,4-5,8,11H2,1H3,(H,26,29). The zero-order valence-corrected chi connectivity index (χ0v) is 16.6. The minimum absolute atomic E-state index is 0.101. The summed E-state index contributed by atoms with van der Waals surface area (Å²) in [6.45, 7) is 3.42. The monoisotopic (exact) mass is 435 g/mol. The number of aromatic nitrogens is 4. The summed E-state index contributed by atoms with van der Waals surface area (Å²) in [7, 11) is 0. The van der Waals surface area contributed by atoms with Crippen molar-refractivity contribution >= 4 is 17.4 Å². The number of anilines is 1. The molecule has 0 saturated carbocycles. The minimum Gasteiger partial charge on any atom is -0.475 e. The van der Waals surface area contributed by atoms with Crippen molar-refractivity contribution in [3.63, 3.8) is 0 Å². The van der Waals surface area contributed by atoms with Gasteiger partial charge in [-0.1, -0.05) is 6.07 Å². The number of imidazole rings is 1. The van der Waals surface area contributed by atoms with E-state index in [1.54, 1.807) is 11.3 Å². The third-order valence-electron chi connectivity index (χ3n) is 4.80. The Morgan fingerprint density at radius 1 is 1.29 bits per heavy atom. The molecule has 1 unspecified atom stereocenters. The molecule has 4 heterocycles. The van der Waals surface area contributed by atoms with Gasteiger partial charge in [0.2, 0.25) is 5.65 Å². The van der Waals surface area contributed by atoms with Crippen molar-refractivity contribution in [2.75, 3.05) is 25.1 Å². The number of hydrogen-bond donors (Lipinski definition) is 1. The molecular formula is C20H20F3N5O3. The second-order valence-corrected chi connectivity index (χ2v) is 7.03. The van der Waals surface area contributed by atoms with E-state index in [0.717, 1.165) is 37.3 Å². The lowest BCUT2D eigenvalue weighted by molar-refractivity contribution is -0.141. The van der Waals surface area contributed by atoms with E-state index >= 15 is 0 Å². The topological polar surface area (TPSA) is 90.6 Å². The van der Waals surface area contributed by atoms with Crippen molar-refractivity contribution in [2.45, 2.75) is 31.9 Å². The first kappa shape index (κ1) is 21.0. The molecule has 164 valence electrons. The summed E-state index contributed by atoms with van der Waals surface area (Å²) in [6.07, 6.45) is 0.596. The molecule has 3 aromatic heterocycles. The van der Waals surface area contributed by atoms with Gasteiger partial charge in [-0.05, 0) is 31.9 Å². The van der Waals surface area contributed by atoms with Crippen LogP contribution in [-0.4, -0.2) is 45.1 Å². The molecule has 1 amide bonds. The van der Waals surface area contributed by atoms with E-state index in [9.17, 15) is 18.0 Å². The Labute approximate surface area is 175 Å². The van der Waals surface area contributed by atoms with E-state index in [-0.39, 0.29) is 23.3 Å². The van der Waals surface area contributed by atoms with Crippen LogP contribution in [0.2, 0.25) is 0 Å². The Balaban J connectivity index is 1.63. The Bertz CT molecular complexity index is 1090. The summed E-state index contributed by atoms with van der Waals surface area (Å²) >= 11 is 0. The maximum absolute atomic E-state index is 12.9. The number of nitrogens with zero attached hydrogens (tertiary/aromatic N) is 4. The smallest absolute Gasteiger partial charge is 0.433 e. The normalized spacial score (nSPS) is 17.0. The third-order valence-corrected chi connectivity index (χ3v) is 4.80. The molecule has 0 radical (unpaired) electrons. The minimum atomic E-state index is -4.65. The molecular weight excluding hydrogens is 415 g/mol. The van der Waals surface area contributed by atoms with Crippen LogP contribution in [0.15, 0.2) is 30.6 Å². The number of carbonyl (C=O) groups excluding carboxylic acids is 1. The van der Waals surface area contributed by atoms with Gasteiger partial charge in [0, 0.05) is 18.7 Å². The average molecular weight is 435 g/mol. The second kappa shape index (κ2) is 8.50. The molecule has 1 aliphatic heterocycles. The molecule has 1 atom stereocenters. The molecule has 0 spiro atoms. The molecule has 8 nitrogen and oxygen atoms in total. The highest BCUT2D eigenvalue weighted by molar-refractivity contribution is 6.02. The molecule has 0 bridgehead atoms. The van der Waals surface area contributed by atoms with Gasteiger partial charge < -0.3 is 14.8 Å². The molecule has 1 fully saturated rings. The fraction of sp³-hybridized carbons (Fsp3) is 0.400. The summed E-state index contributed by atoms with van der Waals surface area (Å²) in [5.74, 6) is -0.360. The van der Waals surface area contributed by atoms with Gasteiger partial charge in [-0.15, -0.1) is 0 Å². The van der Waals surface area contributed by atoms with Crippen molar-refractivity contribution < 1.29 is 27.4 Å². The lowest BCUT2D eigenvalue weighted by Crippen LogP contribution is -2.18. The largest absolute Gasteiger partial charge is 0.475 e. The quantitative estimate of drug-likeness (QED) is 0.658. The van der Waals surface area contributed by atoms with Crippen molar-refractivity contribution in [3.05, 3.63) is 47.7 Å². The summed E-state index contributed by atoms with van der Waals surface area (Å²) in [5, 5.41) is 2.48. The van der Waals surface area contributed by atoms with Gasteiger partial charge in [0.1, 0.15) is 11.4 Å². The highest BCUT2D eigenvalue weighted by Crippen LogP contribution is 2.29. The van der Waals surface area contributed by atoms with Crippen LogP contribution in [0.25, 0.3) is 5.65 Å². The maximum atomic E-state index is 12.9. The van der Waals surface area contributed by atoms with E-state index in [0.29, 0.717) is 18.9 Å². The molecule has 1 N–H and O–H groups in total. The van der Waals surface area contributed by atoms with Crippen LogP contribution in [0.4, 0.5) is 19.0 Å². The number of rotatable bonds is 5. The number of halogens is 3. The number of nitrogens with one attached hydrogen (secondary N) is 1. The third kappa shape index (κ3) is 4.61. The lowest BCUT2D eigenvalue weighted by Gasteiger charge is -2.19. The Morgan fingerprint density at radius 3 is 2.84 bits per heavy atom. The molecule has 31 heavy (non-hydrogen) atoms. The molecule has 0 aliphatic carbocycles. The fourth-order valence-electron chi connectivity index (χ4n) is 3.35. The number of carbonyl (C=O) groups is 1. The van der Waals surface area contributed by atoms with E-state index in [1.807, 2.05) is 6.20 Å². The number of fused-ring (bicyclic) bond motifs is 1. The highest BCUT2D eigenvalue weighted by atomic mass is 19.4. The first-order valence-electron chi connectivity index (χ1n) is 9.81. The molecule has 1 saturated heterocycles. The number of pyridine rings is 1. The van der Waals surface area contributed by atoms with Crippen LogP contribution in [0.3, 0.4) is 0 Å². The van der Waals surface area contributed by atoms with Gasteiger partial charge in [-0.25, -0.2) is 9.97 Å². The van der Waals surface area contributed by atoms with Crippen molar-refractivity contribution in [2.24, 2.45) is 0 Å². The number of amides is 1. The van der Waals surface area contributed by atoms with Crippen LogP contribution in [0.5, 0.6) is 5.88 Å². The number of hydrogen-bond acceptors (Lipinski definition) is 6. The molecule has 0 aromatic carbocycles. The Hall–Kier alpha value is -3.21. The first-order chi connectivity index (χ1) is 14.8. The van der Waals surface area contributed by atoms with E-state index < -0.39 is 17.8 Å². The maximum Gasteiger partial charge on any atom is 0.433 e. The van der Waals surface area contributed by atoms with Crippen molar-refractivity contribution in [1.29, 1.82) is 0 Å². The second-order valence-electron chi connectivity index (χ2n) is 7.03. The first-order valence-corrected chi connectivity index (χ1v) is 9.81. The predicted molar refractivity (Wildman–Crippen MR) is 104 cm³/mol. The zero-order valence-electron chi connectivity index (χ0n) is 16.6.